The summed E-state index contributed by atoms with van der Waals surface area (Å²) in [6.45, 7) is 7.41. The highest BCUT2D eigenvalue weighted by atomic mass is 16.2. The van der Waals surface area contributed by atoms with E-state index in [1.807, 2.05) is 32.2 Å². The summed E-state index contributed by atoms with van der Waals surface area (Å²) in [6.07, 6.45) is 4.76. The minimum Gasteiger partial charge on any atom is -0.373 e. The molecule has 2 aromatic heterocycles. The number of hydrogen-bond acceptors (Lipinski definition) is 5. The van der Waals surface area contributed by atoms with E-state index >= 15 is 0 Å². The molecule has 1 amide bonds. The second-order valence-electron chi connectivity index (χ2n) is 6.17. The molecule has 1 saturated heterocycles. The fourth-order valence-corrected chi connectivity index (χ4v) is 3.19. The van der Waals surface area contributed by atoms with Gasteiger partial charge in [0.1, 0.15) is 11.5 Å². The Morgan fingerprint density at radius 1 is 1.46 bits per heavy atom. The van der Waals surface area contributed by atoms with Crippen molar-refractivity contribution in [1.82, 2.24) is 14.9 Å². The zero-order valence-electron chi connectivity index (χ0n) is 15.0. The lowest BCUT2D eigenvalue weighted by molar-refractivity contribution is -0.130. The fourth-order valence-electron chi connectivity index (χ4n) is 3.19. The Balaban J connectivity index is 1.88. The van der Waals surface area contributed by atoms with Gasteiger partial charge in [-0.2, -0.15) is 0 Å². The van der Waals surface area contributed by atoms with Crippen molar-refractivity contribution in [2.45, 2.75) is 13.0 Å². The van der Waals surface area contributed by atoms with Crippen LogP contribution < -0.4 is 15.8 Å². The third-order valence-electron chi connectivity index (χ3n) is 4.67. The predicted octanol–water partition coefficient (Wildman–Crippen LogP) is 1.70. The number of carbonyl (C=O) groups excluding carboxylic acids is 1. The quantitative estimate of drug-likeness (QED) is 0.773. The van der Waals surface area contributed by atoms with E-state index in [1.165, 1.54) is 6.08 Å². The Kier molecular flexibility index (Phi) is 5.06. The molecule has 0 aromatic carbocycles. The summed E-state index contributed by atoms with van der Waals surface area (Å²) < 4.78 is 0. The van der Waals surface area contributed by atoms with Gasteiger partial charge in [0.15, 0.2) is 0 Å². The van der Waals surface area contributed by atoms with E-state index in [-0.39, 0.29) is 17.5 Å². The van der Waals surface area contributed by atoms with Gasteiger partial charge in [0.2, 0.25) is 5.91 Å². The molecule has 1 fully saturated rings. The molecule has 0 saturated carbocycles. The van der Waals surface area contributed by atoms with Crippen LogP contribution >= 0.6 is 0 Å². The number of aromatic amines is 1. The minimum absolute atomic E-state index is 0.0728. The van der Waals surface area contributed by atoms with Crippen LogP contribution in [0, 0.1) is 0 Å². The van der Waals surface area contributed by atoms with Crippen LogP contribution in [0.4, 0.5) is 11.5 Å². The summed E-state index contributed by atoms with van der Waals surface area (Å²) in [5.74, 6) is 0.691. The molecule has 1 aliphatic rings. The molecule has 2 N–H and O–H groups in total. The number of amides is 1. The van der Waals surface area contributed by atoms with Crippen molar-refractivity contribution >= 4 is 17.4 Å². The molecule has 0 bridgehead atoms. The van der Waals surface area contributed by atoms with Crippen molar-refractivity contribution < 1.29 is 4.79 Å². The molecule has 0 atom stereocenters. The second kappa shape index (κ2) is 7.43. The minimum atomic E-state index is -0.132. The molecule has 3 rings (SSSR count). The highest BCUT2D eigenvalue weighted by Gasteiger charge is 2.34. The molecule has 0 aliphatic carbocycles. The van der Waals surface area contributed by atoms with Gasteiger partial charge in [-0.25, -0.2) is 4.98 Å². The molecule has 0 radical (unpaired) electrons. The van der Waals surface area contributed by atoms with Crippen molar-refractivity contribution in [3.05, 3.63) is 53.6 Å². The Hall–Kier alpha value is -3.09. The van der Waals surface area contributed by atoms with E-state index in [4.69, 9.17) is 0 Å². The molecule has 3 heterocycles. The third kappa shape index (κ3) is 3.33. The molecule has 1 aliphatic heterocycles. The maximum atomic E-state index is 12.4. The molecule has 2 aromatic rings. The number of rotatable bonds is 6. The van der Waals surface area contributed by atoms with Gasteiger partial charge in [0, 0.05) is 44.6 Å². The molecule has 136 valence electrons. The van der Waals surface area contributed by atoms with Gasteiger partial charge in [0.25, 0.3) is 5.56 Å². The molecule has 0 unspecified atom stereocenters. The number of carbonyl (C=O) groups is 1. The smallest absolute Gasteiger partial charge is 0.271 e. The lowest BCUT2D eigenvalue weighted by Crippen LogP contribution is -2.61. The van der Waals surface area contributed by atoms with Gasteiger partial charge in [-0.15, -0.1) is 0 Å². The number of hydrogen-bond donors (Lipinski definition) is 2. The highest BCUT2D eigenvalue weighted by Crippen LogP contribution is 2.26. The molecular formula is C19H23N5O2. The summed E-state index contributed by atoms with van der Waals surface area (Å²) in [5, 5.41) is 3.02. The zero-order valence-corrected chi connectivity index (χ0v) is 15.0. The van der Waals surface area contributed by atoms with Gasteiger partial charge in [-0.3, -0.25) is 9.59 Å². The summed E-state index contributed by atoms with van der Waals surface area (Å²) in [5.41, 5.74) is 2.36. The number of aromatic nitrogens is 2. The summed E-state index contributed by atoms with van der Waals surface area (Å²) in [4.78, 5) is 34.9. The SMILES string of the molecule is C=CC(=O)N1CC(N(CC)c2cc(-c3ccnc(NC)c3)c[nH]c2=O)C1. The number of H-pyrrole nitrogens is 1. The van der Waals surface area contributed by atoms with Crippen LogP contribution in [0.5, 0.6) is 0 Å². The van der Waals surface area contributed by atoms with E-state index in [9.17, 15) is 9.59 Å². The van der Waals surface area contributed by atoms with Crippen molar-refractivity contribution in [2.24, 2.45) is 0 Å². The van der Waals surface area contributed by atoms with Gasteiger partial charge in [-0.05, 0) is 36.8 Å². The van der Waals surface area contributed by atoms with E-state index in [0.717, 1.165) is 16.9 Å². The van der Waals surface area contributed by atoms with Crippen LogP contribution in [-0.4, -0.2) is 53.5 Å². The molecule has 7 heteroatoms. The van der Waals surface area contributed by atoms with Gasteiger partial charge in [-0.1, -0.05) is 6.58 Å². The normalized spacial score (nSPS) is 13.8. The first-order valence-corrected chi connectivity index (χ1v) is 8.62. The lowest BCUT2D eigenvalue weighted by atomic mass is 10.0. The van der Waals surface area contributed by atoms with Crippen LogP contribution in [0.15, 0.2) is 48.0 Å². The van der Waals surface area contributed by atoms with E-state index < -0.39 is 0 Å². The largest absolute Gasteiger partial charge is 0.373 e. The lowest BCUT2D eigenvalue weighted by Gasteiger charge is -2.45. The van der Waals surface area contributed by atoms with Gasteiger partial charge >= 0.3 is 0 Å². The second-order valence-corrected chi connectivity index (χ2v) is 6.17. The average molecular weight is 353 g/mol. The van der Waals surface area contributed by atoms with Gasteiger partial charge in [0.05, 0.1) is 6.04 Å². The number of likely N-dealkylation sites (N-methyl/N-ethyl adjacent to an activating group) is 1. The van der Waals surface area contributed by atoms with E-state index in [2.05, 4.69) is 26.8 Å². The van der Waals surface area contributed by atoms with Crippen LogP contribution in [-0.2, 0) is 4.79 Å². The van der Waals surface area contributed by atoms with E-state index in [1.54, 1.807) is 17.3 Å². The monoisotopic (exact) mass is 353 g/mol. The van der Waals surface area contributed by atoms with Crippen molar-refractivity contribution in [1.29, 1.82) is 0 Å². The highest BCUT2D eigenvalue weighted by molar-refractivity contribution is 5.88. The Labute approximate surface area is 152 Å². The predicted molar refractivity (Wildman–Crippen MR) is 103 cm³/mol. The Morgan fingerprint density at radius 3 is 2.88 bits per heavy atom. The number of likely N-dealkylation sites (tertiary alicyclic amines) is 1. The maximum Gasteiger partial charge on any atom is 0.271 e. The number of anilines is 2. The first kappa shape index (κ1) is 17.7. The van der Waals surface area contributed by atoms with Gasteiger partial charge < -0.3 is 20.1 Å². The Morgan fingerprint density at radius 2 is 2.23 bits per heavy atom. The number of nitrogens with zero attached hydrogens (tertiary/aromatic N) is 3. The van der Waals surface area contributed by atoms with Crippen LogP contribution in [0.1, 0.15) is 6.92 Å². The molecule has 7 nitrogen and oxygen atoms in total. The molecular weight excluding hydrogens is 330 g/mol. The van der Waals surface area contributed by atoms with Crippen LogP contribution in [0.25, 0.3) is 11.1 Å². The summed E-state index contributed by atoms with van der Waals surface area (Å²) in [7, 11) is 1.82. The molecule has 0 spiro atoms. The summed E-state index contributed by atoms with van der Waals surface area (Å²) >= 11 is 0. The van der Waals surface area contributed by atoms with Crippen LogP contribution in [0.2, 0.25) is 0 Å². The van der Waals surface area contributed by atoms with Crippen molar-refractivity contribution in [3.63, 3.8) is 0 Å². The zero-order chi connectivity index (χ0) is 18.7. The first-order chi connectivity index (χ1) is 12.6. The number of pyridine rings is 2. The fraction of sp³-hybridized carbons (Fsp3) is 0.316. The Bertz CT molecular complexity index is 870. The van der Waals surface area contributed by atoms with E-state index in [0.29, 0.717) is 25.3 Å². The maximum absolute atomic E-state index is 12.4. The number of nitrogens with one attached hydrogen (secondary N) is 2. The molecule has 26 heavy (non-hydrogen) atoms. The van der Waals surface area contributed by atoms with Crippen molar-refractivity contribution in [3.8, 4) is 11.1 Å². The summed E-state index contributed by atoms with van der Waals surface area (Å²) in [6, 6.07) is 5.87. The van der Waals surface area contributed by atoms with Crippen LogP contribution in [0.3, 0.4) is 0 Å². The topological polar surface area (TPSA) is 81.3 Å². The average Bonchev–Trinajstić information content (AvgIpc) is 2.64. The standard InChI is InChI=1S/C19H23N5O2/c1-4-18(25)23-11-15(12-23)24(5-2)16-8-14(10-22-19(16)26)13-6-7-21-17(9-13)20-3/h4,6-10,15H,1,5,11-12H2,2-3H3,(H,20,21)(H,22,26). The first-order valence-electron chi connectivity index (χ1n) is 8.62. The van der Waals surface area contributed by atoms with Crippen molar-refractivity contribution in [2.75, 3.05) is 36.9 Å². The third-order valence-corrected chi connectivity index (χ3v) is 4.67.